The van der Waals surface area contributed by atoms with Gasteiger partial charge in [0, 0.05) is 12.3 Å². The first kappa shape index (κ1) is 21.9. The second-order valence-electron chi connectivity index (χ2n) is 5.83. The van der Waals surface area contributed by atoms with E-state index in [4.69, 9.17) is 21.1 Å². The van der Waals surface area contributed by atoms with Gasteiger partial charge in [0.1, 0.15) is 11.8 Å². The Balaban J connectivity index is 1.77. The monoisotopic (exact) mass is 417 g/mol. The molecule has 2 aromatic rings. The van der Waals surface area contributed by atoms with Crippen molar-refractivity contribution < 1.29 is 23.9 Å². The highest BCUT2D eigenvalue weighted by molar-refractivity contribution is 6.32. The maximum atomic E-state index is 12.0. The predicted octanol–water partition coefficient (Wildman–Crippen LogP) is 2.44. The predicted molar refractivity (Wildman–Crippen MR) is 108 cm³/mol. The number of pyridine rings is 1. The molecule has 1 atom stereocenters. The van der Waals surface area contributed by atoms with Crippen LogP contribution in [0.5, 0.6) is 5.75 Å². The van der Waals surface area contributed by atoms with Crippen molar-refractivity contribution in [1.82, 2.24) is 10.3 Å². The molecule has 0 saturated heterocycles. The van der Waals surface area contributed by atoms with Crippen LogP contribution in [0.15, 0.2) is 48.7 Å². The molecule has 152 valence electrons. The van der Waals surface area contributed by atoms with Gasteiger partial charge in [0.2, 0.25) is 5.91 Å². The molecule has 2 N–H and O–H groups in total. The summed E-state index contributed by atoms with van der Waals surface area (Å²) in [4.78, 5) is 39.5. The third-order valence-corrected chi connectivity index (χ3v) is 3.94. The SMILES string of the molecule is COc1ccc(C=CC(=O)N[C@@H](C)C(=O)OCC(=O)Nc2cccnc2Cl)cc1. The zero-order valence-corrected chi connectivity index (χ0v) is 16.6. The molecule has 0 aliphatic rings. The van der Waals surface area contributed by atoms with Crippen LogP contribution in [0.3, 0.4) is 0 Å². The zero-order valence-electron chi connectivity index (χ0n) is 15.8. The fourth-order valence-electron chi connectivity index (χ4n) is 2.13. The number of esters is 1. The number of carbonyl (C=O) groups is 3. The number of amides is 2. The fourth-order valence-corrected chi connectivity index (χ4v) is 2.30. The molecule has 1 aromatic carbocycles. The normalized spacial score (nSPS) is 11.6. The quantitative estimate of drug-likeness (QED) is 0.388. The molecule has 1 heterocycles. The van der Waals surface area contributed by atoms with E-state index < -0.39 is 30.4 Å². The molecular formula is C20H20ClN3O5. The number of anilines is 1. The lowest BCUT2D eigenvalue weighted by molar-refractivity contribution is -0.149. The standard InChI is InChI=1S/C20H20ClN3O5/c1-13(23-17(25)10-7-14-5-8-15(28-2)9-6-14)20(27)29-12-18(26)24-16-4-3-11-22-19(16)21/h3-11,13H,12H2,1-2H3,(H,23,25)(H,24,26)/t13-/m0/s1. The zero-order chi connectivity index (χ0) is 21.2. The minimum Gasteiger partial charge on any atom is -0.497 e. The van der Waals surface area contributed by atoms with E-state index in [1.165, 1.54) is 19.2 Å². The van der Waals surface area contributed by atoms with Crippen LogP contribution in [0, 0.1) is 0 Å². The summed E-state index contributed by atoms with van der Waals surface area (Å²) in [7, 11) is 1.57. The number of halogens is 1. The molecule has 0 fully saturated rings. The Kier molecular flexibility index (Phi) is 8.17. The molecule has 0 aliphatic heterocycles. The van der Waals surface area contributed by atoms with Gasteiger partial charge in [0.25, 0.3) is 5.91 Å². The van der Waals surface area contributed by atoms with Gasteiger partial charge in [0.15, 0.2) is 11.8 Å². The maximum absolute atomic E-state index is 12.0. The number of rotatable bonds is 8. The van der Waals surface area contributed by atoms with Crippen molar-refractivity contribution >= 4 is 41.1 Å². The van der Waals surface area contributed by atoms with Crippen molar-refractivity contribution in [1.29, 1.82) is 0 Å². The van der Waals surface area contributed by atoms with Gasteiger partial charge in [-0.3, -0.25) is 9.59 Å². The van der Waals surface area contributed by atoms with E-state index in [1.807, 2.05) is 0 Å². The average molecular weight is 418 g/mol. The molecule has 2 rings (SSSR count). The molecule has 29 heavy (non-hydrogen) atoms. The van der Waals surface area contributed by atoms with Crippen LogP contribution < -0.4 is 15.4 Å². The summed E-state index contributed by atoms with van der Waals surface area (Å²) < 4.78 is 9.96. The Bertz CT molecular complexity index is 899. The van der Waals surface area contributed by atoms with Crippen LogP contribution in [-0.2, 0) is 19.1 Å². The molecule has 0 unspecified atom stereocenters. The lowest BCUT2D eigenvalue weighted by Crippen LogP contribution is -2.39. The van der Waals surface area contributed by atoms with Crippen LogP contribution >= 0.6 is 11.6 Å². The molecule has 1 aromatic heterocycles. The number of methoxy groups -OCH3 is 1. The minimum absolute atomic E-state index is 0.122. The van der Waals surface area contributed by atoms with Crippen LogP contribution in [0.25, 0.3) is 6.08 Å². The molecule has 8 nitrogen and oxygen atoms in total. The van der Waals surface area contributed by atoms with Gasteiger partial charge in [0.05, 0.1) is 12.8 Å². The van der Waals surface area contributed by atoms with Crippen molar-refractivity contribution in [3.05, 3.63) is 59.4 Å². The fraction of sp³-hybridized carbons (Fsp3) is 0.200. The summed E-state index contributed by atoms with van der Waals surface area (Å²) in [6.07, 6.45) is 4.37. The van der Waals surface area contributed by atoms with Crippen molar-refractivity contribution in [2.45, 2.75) is 13.0 Å². The summed E-state index contributed by atoms with van der Waals surface area (Å²) in [5.41, 5.74) is 1.10. The number of ether oxygens (including phenoxy) is 2. The van der Waals surface area contributed by atoms with E-state index in [0.717, 1.165) is 5.56 Å². The first-order valence-corrected chi connectivity index (χ1v) is 8.96. The van der Waals surface area contributed by atoms with E-state index in [-0.39, 0.29) is 5.15 Å². The average Bonchev–Trinajstić information content (AvgIpc) is 2.72. The summed E-state index contributed by atoms with van der Waals surface area (Å²) >= 11 is 5.83. The highest BCUT2D eigenvalue weighted by atomic mass is 35.5. The Morgan fingerprint density at radius 3 is 2.59 bits per heavy atom. The van der Waals surface area contributed by atoms with Crippen molar-refractivity contribution in [3.8, 4) is 5.75 Å². The van der Waals surface area contributed by atoms with Gasteiger partial charge >= 0.3 is 5.97 Å². The third-order valence-electron chi connectivity index (χ3n) is 3.63. The Morgan fingerprint density at radius 2 is 1.93 bits per heavy atom. The first-order chi connectivity index (χ1) is 13.9. The van der Waals surface area contributed by atoms with E-state index in [1.54, 1.807) is 49.6 Å². The Hall–Kier alpha value is -3.39. The second kappa shape index (κ2) is 10.8. The summed E-state index contributed by atoms with van der Waals surface area (Å²) in [6.45, 7) is 0.934. The topological polar surface area (TPSA) is 107 Å². The summed E-state index contributed by atoms with van der Waals surface area (Å²) in [6, 6.07) is 9.33. The van der Waals surface area contributed by atoms with Crippen molar-refractivity contribution in [2.24, 2.45) is 0 Å². The van der Waals surface area contributed by atoms with E-state index in [2.05, 4.69) is 15.6 Å². The van der Waals surface area contributed by atoms with E-state index in [9.17, 15) is 14.4 Å². The minimum atomic E-state index is -0.933. The van der Waals surface area contributed by atoms with Gasteiger partial charge in [-0.2, -0.15) is 0 Å². The Labute approximate surface area is 172 Å². The number of carbonyl (C=O) groups excluding carboxylic acids is 3. The summed E-state index contributed by atoms with van der Waals surface area (Å²) in [5, 5.41) is 5.06. The van der Waals surface area contributed by atoms with Gasteiger partial charge in [-0.05, 0) is 42.8 Å². The highest BCUT2D eigenvalue weighted by Crippen LogP contribution is 2.17. The van der Waals surface area contributed by atoms with Gasteiger partial charge in [-0.25, -0.2) is 9.78 Å². The van der Waals surface area contributed by atoms with Crippen LogP contribution in [0.1, 0.15) is 12.5 Å². The van der Waals surface area contributed by atoms with Gasteiger partial charge in [-0.15, -0.1) is 0 Å². The van der Waals surface area contributed by atoms with Gasteiger partial charge in [-0.1, -0.05) is 23.7 Å². The Morgan fingerprint density at radius 1 is 1.21 bits per heavy atom. The molecular weight excluding hydrogens is 398 g/mol. The largest absolute Gasteiger partial charge is 0.497 e. The summed E-state index contributed by atoms with van der Waals surface area (Å²) in [5.74, 6) is -1.09. The van der Waals surface area contributed by atoms with Crippen LogP contribution in [0.4, 0.5) is 5.69 Å². The molecule has 0 radical (unpaired) electrons. The molecule has 0 spiro atoms. The third kappa shape index (κ3) is 7.27. The number of nitrogens with zero attached hydrogens (tertiary/aromatic N) is 1. The number of hydrogen-bond donors (Lipinski definition) is 2. The van der Waals surface area contributed by atoms with E-state index in [0.29, 0.717) is 11.4 Å². The number of hydrogen-bond acceptors (Lipinski definition) is 6. The van der Waals surface area contributed by atoms with Crippen molar-refractivity contribution in [3.63, 3.8) is 0 Å². The maximum Gasteiger partial charge on any atom is 0.328 e. The molecule has 0 bridgehead atoms. The lowest BCUT2D eigenvalue weighted by Gasteiger charge is -2.12. The molecule has 9 heteroatoms. The number of nitrogens with one attached hydrogen (secondary N) is 2. The van der Waals surface area contributed by atoms with Gasteiger partial charge < -0.3 is 20.1 Å². The van der Waals surface area contributed by atoms with E-state index >= 15 is 0 Å². The molecule has 2 amide bonds. The lowest BCUT2D eigenvalue weighted by atomic mass is 10.2. The first-order valence-electron chi connectivity index (χ1n) is 8.58. The number of aromatic nitrogens is 1. The smallest absolute Gasteiger partial charge is 0.328 e. The van der Waals surface area contributed by atoms with Crippen LogP contribution in [0.2, 0.25) is 5.15 Å². The second-order valence-corrected chi connectivity index (χ2v) is 6.19. The highest BCUT2D eigenvalue weighted by Gasteiger charge is 2.17. The molecule has 0 saturated carbocycles. The number of benzene rings is 1. The molecule has 0 aliphatic carbocycles. The van der Waals surface area contributed by atoms with Crippen LogP contribution in [-0.4, -0.2) is 42.5 Å². The van der Waals surface area contributed by atoms with Crippen molar-refractivity contribution in [2.75, 3.05) is 19.0 Å².